The first kappa shape index (κ1) is 17.7. The normalized spacial score (nSPS) is 10.5. The molecule has 0 fully saturated rings. The van der Waals surface area contributed by atoms with Crippen LogP contribution in [0.5, 0.6) is 5.75 Å². The van der Waals surface area contributed by atoms with Crippen LogP contribution in [-0.4, -0.2) is 36.5 Å². The molecule has 0 saturated heterocycles. The lowest BCUT2D eigenvalue weighted by Crippen LogP contribution is -2.20. The Bertz CT molecular complexity index is 919. The maximum Gasteiger partial charge on any atom is 0.325 e. The molecule has 1 aromatic carbocycles. The van der Waals surface area contributed by atoms with E-state index in [2.05, 4.69) is 31.4 Å². The third-order valence-corrected chi connectivity index (χ3v) is 3.83. The number of benzene rings is 1. The van der Waals surface area contributed by atoms with Crippen molar-refractivity contribution in [1.82, 2.24) is 19.6 Å². The molecule has 0 aliphatic carbocycles. The van der Waals surface area contributed by atoms with E-state index in [4.69, 9.17) is 9.84 Å². The Hall–Kier alpha value is -3.14. The number of aliphatic carboxylic acids is 1. The van der Waals surface area contributed by atoms with Crippen LogP contribution in [0.2, 0.25) is 0 Å². The number of hydrogen-bond donors (Lipinski definition) is 2. The molecule has 3 aromatic rings. The zero-order valence-electron chi connectivity index (χ0n) is 13.4. The molecule has 2 heterocycles. The molecule has 134 valence electrons. The molecule has 0 aliphatic rings. The fraction of sp³-hybridized carbons (Fsp3) is 0.125. The van der Waals surface area contributed by atoms with Crippen LogP contribution < -0.4 is 10.1 Å². The first-order valence-corrected chi connectivity index (χ1v) is 8.26. The van der Waals surface area contributed by atoms with Crippen LogP contribution in [0.4, 0.5) is 5.69 Å². The maximum atomic E-state index is 12.3. The first-order chi connectivity index (χ1) is 12.5. The van der Waals surface area contributed by atoms with Crippen LogP contribution in [0.25, 0.3) is 0 Å². The number of carboxylic acid groups (broad SMARTS) is 1. The maximum absolute atomic E-state index is 12.3. The Labute approximate surface area is 156 Å². The molecule has 3 rings (SSSR count). The summed E-state index contributed by atoms with van der Waals surface area (Å²) in [6.45, 7) is -0.218. The second-order valence-corrected chi connectivity index (χ2v) is 6.13. The van der Waals surface area contributed by atoms with Gasteiger partial charge in [-0.05, 0) is 30.3 Å². The van der Waals surface area contributed by atoms with Crippen LogP contribution in [0.3, 0.4) is 0 Å². The minimum absolute atomic E-state index is 0.145. The van der Waals surface area contributed by atoms with Gasteiger partial charge in [0.1, 0.15) is 18.0 Å². The molecule has 0 radical (unpaired) electrons. The second-order valence-electron chi connectivity index (χ2n) is 5.22. The van der Waals surface area contributed by atoms with Gasteiger partial charge in [0.2, 0.25) is 0 Å². The van der Waals surface area contributed by atoms with E-state index in [1.54, 1.807) is 6.20 Å². The summed E-state index contributed by atoms with van der Waals surface area (Å²) in [6, 6.07) is 8.81. The standard InChI is InChI=1S/C16H14BrN5O4/c17-11-1-3-13(4-2-11)26-10-21-8-12(7-19-21)20-16(25)14-5-6-18-22(14)9-15(23)24/h1-8H,9-10H2,(H,20,25)(H,23,24). The van der Waals surface area contributed by atoms with Crippen molar-refractivity contribution in [2.45, 2.75) is 13.3 Å². The van der Waals surface area contributed by atoms with E-state index >= 15 is 0 Å². The highest BCUT2D eigenvalue weighted by atomic mass is 79.9. The molecule has 0 saturated carbocycles. The molecular formula is C16H14BrN5O4. The predicted molar refractivity (Wildman–Crippen MR) is 94.8 cm³/mol. The van der Waals surface area contributed by atoms with Crippen molar-refractivity contribution in [3.8, 4) is 5.75 Å². The molecule has 9 nitrogen and oxygen atoms in total. The summed E-state index contributed by atoms with van der Waals surface area (Å²) in [5, 5.41) is 19.4. The molecular weight excluding hydrogens is 406 g/mol. The van der Waals surface area contributed by atoms with E-state index in [0.29, 0.717) is 11.4 Å². The van der Waals surface area contributed by atoms with Gasteiger partial charge in [0, 0.05) is 10.7 Å². The number of anilines is 1. The van der Waals surface area contributed by atoms with Crippen LogP contribution in [0.1, 0.15) is 10.5 Å². The number of halogens is 1. The molecule has 0 spiro atoms. The summed E-state index contributed by atoms with van der Waals surface area (Å²) >= 11 is 3.35. The zero-order chi connectivity index (χ0) is 18.5. The van der Waals surface area contributed by atoms with E-state index < -0.39 is 18.4 Å². The topological polar surface area (TPSA) is 111 Å². The average molecular weight is 420 g/mol. The highest BCUT2D eigenvalue weighted by Gasteiger charge is 2.15. The van der Waals surface area contributed by atoms with Gasteiger partial charge in [-0.1, -0.05) is 15.9 Å². The van der Waals surface area contributed by atoms with Gasteiger partial charge in [-0.25, -0.2) is 9.36 Å². The van der Waals surface area contributed by atoms with E-state index in [1.807, 2.05) is 24.3 Å². The van der Waals surface area contributed by atoms with Gasteiger partial charge < -0.3 is 15.2 Å². The largest absolute Gasteiger partial charge is 0.480 e. The summed E-state index contributed by atoms with van der Waals surface area (Å²) in [5.74, 6) is -0.871. The second kappa shape index (κ2) is 7.83. The quantitative estimate of drug-likeness (QED) is 0.607. The van der Waals surface area contributed by atoms with Crippen molar-refractivity contribution in [2.75, 3.05) is 5.32 Å². The number of ether oxygens (including phenoxy) is 1. The molecule has 2 aromatic heterocycles. The Kier molecular flexibility index (Phi) is 5.32. The van der Waals surface area contributed by atoms with E-state index in [-0.39, 0.29) is 12.4 Å². The van der Waals surface area contributed by atoms with Gasteiger partial charge in [-0.2, -0.15) is 10.2 Å². The van der Waals surface area contributed by atoms with E-state index in [1.165, 1.54) is 23.1 Å². The minimum Gasteiger partial charge on any atom is -0.480 e. The summed E-state index contributed by atoms with van der Waals surface area (Å²) < 4.78 is 9.17. The molecule has 0 bridgehead atoms. The zero-order valence-corrected chi connectivity index (χ0v) is 15.0. The van der Waals surface area contributed by atoms with Crippen molar-refractivity contribution in [3.05, 3.63) is 59.1 Å². The lowest BCUT2D eigenvalue weighted by Gasteiger charge is -2.06. The van der Waals surface area contributed by atoms with Crippen LogP contribution in [0, 0.1) is 0 Å². The monoisotopic (exact) mass is 419 g/mol. The van der Waals surface area contributed by atoms with Crippen molar-refractivity contribution < 1.29 is 19.4 Å². The number of hydrogen-bond acceptors (Lipinski definition) is 5. The molecule has 10 heteroatoms. The van der Waals surface area contributed by atoms with Crippen LogP contribution in [-0.2, 0) is 18.1 Å². The molecule has 0 unspecified atom stereocenters. The van der Waals surface area contributed by atoms with E-state index in [9.17, 15) is 9.59 Å². The SMILES string of the molecule is O=C(O)Cn1nccc1C(=O)Nc1cnn(COc2ccc(Br)cc2)c1. The average Bonchev–Trinajstić information content (AvgIpc) is 3.23. The number of carbonyl (C=O) groups excluding carboxylic acids is 1. The van der Waals surface area contributed by atoms with Gasteiger partial charge in [-0.3, -0.25) is 9.59 Å². The van der Waals surface area contributed by atoms with Gasteiger partial charge in [0.15, 0.2) is 6.73 Å². The lowest BCUT2D eigenvalue weighted by molar-refractivity contribution is -0.137. The van der Waals surface area contributed by atoms with Gasteiger partial charge in [0.05, 0.1) is 18.1 Å². The van der Waals surface area contributed by atoms with E-state index in [0.717, 1.165) is 9.15 Å². The summed E-state index contributed by atoms with van der Waals surface area (Å²) in [7, 11) is 0. The fourth-order valence-electron chi connectivity index (χ4n) is 2.15. The third kappa shape index (κ3) is 4.48. The van der Waals surface area contributed by atoms with Crippen LogP contribution >= 0.6 is 15.9 Å². The van der Waals surface area contributed by atoms with Crippen molar-refractivity contribution in [2.24, 2.45) is 0 Å². The summed E-state index contributed by atoms with van der Waals surface area (Å²) in [5.41, 5.74) is 0.601. The number of rotatable bonds is 7. The number of nitrogens with one attached hydrogen (secondary N) is 1. The molecule has 2 N–H and O–H groups in total. The lowest BCUT2D eigenvalue weighted by atomic mass is 10.3. The smallest absolute Gasteiger partial charge is 0.325 e. The Morgan fingerprint density at radius 2 is 1.96 bits per heavy atom. The van der Waals surface area contributed by atoms with Gasteiger partial charge in [-0.15, -0.1) is 0 Å². The Balaban J connectivity index is 1.59. The Morgan fingerprint density at radius 3 is 2.69 bits per heavy atom. The first-order valence-electron chi connectivity index (χ1n) is 7.47. The number of carbonyl (C=O) groups is 2. The highest BCUT2D eigenvalue weighted by molar-refractivity contribution is 9.10. The molecule has 26 heavy (non-hydrogen) atoms. The van der Waals surface area contributed by atoms with Crippen molar-refractivity contribution in [1.29, 1.82) is 0 Å². The van der Waals surface area contributed by atoms with Crippen molar-refractivity contribution in [3.63, 3.8) is 0 Å². The summed E-state index contributed by atoms with van der Waals surface area (Å²) in [6.07, 6.45) is 4.45. The summed E-state index contributed by atoms with van der Waals surface area (Å²) in [4.78, 5) is 23.0. The number of amides is 1. The molecule has 0 atom stereocenters. The van der Waals surface area contributed by atoms with Gasteiger partial charge >= 0.3 is 5.97 Å². The molecule has 1 amide bonds. The minimum atomic E-state index is -1.08. The fourth-order valence-corrected chi connectivity index (χ4v) is 2.41. The highest BCUT2D eigenvalue weighted by Crippen LogP contribution is 2.16. The van der Waals surface area contributed by atoms with Gasteiger partial charge in [0.25, 0.3) is 5.91 Å². The Morgan fingerprint density at radius 1 is 1.19 bits per heavy atom. The van der Waals surface area contributed by atoms with Crippen molar-refractivity contribution >= 4 is 33.5 Å². The number of carboxylic acids is 1. The van der Waals surface area contributed by atoms with Crippen LogP contribution in [0.15, 0.2) is 53.4 Å². The molecule has 0 aliphatic heterocycles. The third-order valence-electron chi connectivity index (χ3n) is 3.30. The number of nitrogens with zero attached hydrogens (tertiary/aromatic N) is 4. The number of aromatic nitrogens is 4. The predicted octanol–water partition coefficient (Wildman–Crippen LogP) is 2.22.